The highest BCUT2D eigenvalue weighted by Gasteiger charge is 2.16. The fraction of sp³-hybridized carbons (Fsp3) is 0.375. The summed E-state index contributed by atoms with van der Waals surface area (Å²) in [6, 6.07) is 5.50. The third-order valence-electron chi connectivity index (χ3n) is 4.02. The van der Waals surface area contributed by atoms with Gasteiger partial charge >= 0.3 is 0 Å². The molecule has 25 heavy (non-hydrogen) atoms. The minimum atomic E-state index is -0.481. The van der Waals surface area contributed by atoms with Crippen molar-refractivity contribution in [3.63, 3.8) is 0 Å². The van der Waals surface area contributed by atoms with Crippen molar-refractivity contribution in [2.75, 3.05) is 36.1 Å². The van der Waals surface area contributed by atoms with Gasteiger partial charge in [0.25, 0.3) is 0 Å². The standard InChI is InChI=1S/C16H22N8O/c1-9-3-4-10(13(17)25)7-12(9)21-16-23-14(18-2)22-15(24-16)20-11-5-6-19-8-11/h3-4,7,11,19H,5-6,8H2,1-2H3,(H2,17,25)(H3,18,20,21,22,23,24)/t11-/m1/s1. The molecule has 1 aromatic carbocycles. The van der Waals surface area contributed by atoms with E-state index < -0.39 is 5.91 Å². The molecule has 9 nitrogen and oxygen atoms in total. The number of rotatable bonds is 6. The molecule has 0 bridgehead atoms. The highest BCUT2D eigenvalue weighted by Crippen LogP contribution is 2.21. The lowest BCUT2D eigenvalue weighted by atomic mass is 10.1. The average molecular weight is 342 g/mol. The van der Waals surface area contributed by atoms with Gasteiger partial charge in [0.2, 0.25) is 23.8 Å². The Morgan fingerprint density at radius 3 is 2.68 bits per heavy atom. The molecule has 0 saturated carbocycles. The van der Waals surface area contributed by atoms with Gasteiger partial charge in [-0.05, 0) is 37.6 Å². The van der Waals surface area contributed by atoms with Gasteiger partial charge in [-0.1, -0.05) is 6.07 Å². The SMILES string of the molecule is CNc1nc(Nc2cc(C(N)=O)ccc2C)nc(N[C@@H]2CCNC2)n1. The van der Waals surface area contributed by atoms with Gasteiger partial charge in [-0.15, -0.1) is 0 Å². The first-order valence-electron chi connectivity index (χ1n) is 8.13. The summed E-state index contributed by atoms with van der Waals surface area (Å²) < 4.78 is 0. The van der Waals surface area contributed by atoms with Crippen LogP contribution in [0.3, 0.4) is 0 Å². The third kappa shape index (κ3) is 4.13. The fourth-order valence-corrected chi connectivity index (χ4v) is 2.60. The summed E-state index contributed by atoms with van der Waals surface area (Å²) in [5.41, 5.74) is 7.45. The summed E-state index contributed by atoms with van der Waals surface area (Å²) in [5, 5.41) is 12.7. The minimum Gasteiger partial charge on any atom is -0.366 e. The molecule has 0 unspecified atom stereocenters. The molecule has 1 saturated heterocycles. The van der Waals surface area contributed by atoms with Crippen molar-refractivity contribution in [1.82, 2.24) is 20.3 Å². The Bertz CT molecular complexity index is 773. The Labute approximate surface area is 145 Å². The van der Waals surface area contributed by atoms with E-state index in [1.165, 1.54) is 0 Å². The summed E-state index contributed by atoms with van der Waals surface area (Å²) in [6.45, 7) is 3.78. The summed E-state index contributed by atoms with van der Waals surface area (Å²) in [6.07, 6.45) is 1.02. The Morgan fingerprint density at radius 1 is 1.24 bits per heavy atom. The number of hydrogen-bond acceptors (Lipinski definition) is 8. The molecule has 1 fully saturated rings. The molecule has 1 aliphatic rings. The molecule has 132 valence electrons. The van der Waals surface area contributed by atoms with Crippen molar-refractivity contribution in [3.05, 3.63) is 29.3 Å². The van der Waals surface area contributed by atoms with Crippen LogP contribution in [-0.4, -0.2) is 47.0 Å². The van der Waals surface area contributed by atoms with E-state index in [9.17, 15) is 4.79 Å². The number of nitrogens with one attached hydrogen (secondary N) is 4. The van der Waals surface area contributed by atoms with Crippen LogP contribution in [0.2, 0.25) is 0 Å². The molecule has 6 N–H and O–H groups in total. The maximum absolute atomic E-state index is 11.4. The summed E-state index contributed by atoms with van der Waals surface area (Å²) in [7, 11) is 1.75. The lowest BCUT2D eigenvalue weighted by Gasteiger charge is -2.14. The van der Waals surface area contributed by atoms with Gasteiger partial charge in [-0.2, -0.15) is 15.0 Å². The quantitative estimate of drug-likeness (QED) is 0.522. The van der Waals surface area contributed by atoms with Gasteiger partial charge in [0, 0.05) is 30.9 Å². The van der Waals surface area contributed by atoms with E-state index in [1.807, 2.05) is 13.0 Å². The molecule has 1 amide bonds. The van der Waals surface area contributed by atoms with Crippen molar-refractivity contribution < 1.29 is 4.79 Å². The number of amides is 1. The maximum atomic E-state index is 11.4. The number of aromatic nitrogens is 3. The van der Waals surface area contributed by atoms with Crippen LogP contribution in [0.5, 0.6) is 0 Å². The third-order valence-corrected chi connectivity index (χ3v) is 4.02. The lowest BCUT2D eigenvalue weighted by molar-refractivity contribution is 0.100. The second kappa shape index (κ2) is 7.31. The molecule has 9 heteroatoms. The van der Waals surface area contributed by atoms with E-state index in [-0.39, 0.29) is 0 Å². The number of carbonyl (C=O) groups excluding carboxylic acids is 1. The number of nitrogens with two attached hydrogens (primary N) is 1. The molecule has 1 aromatic heterocycles. The van der Waals surface area contributed by atoms with E-state index in [1.54, 1.807) is 19.2 Å². The van der Waals surface area contributed by atoms with Gasteiger partial charge in [0.05, 0.1) is 0 Å². The molecule has 2 aromatic rings. The van der Waals surface area contributed by atoms with Crippen LogP contribution in [0.1, 0.15) is 22.3 Å². The minimum absolute atomic E-state index is 0.292. The topological polar surface area (TPSA) is 130 Å². The first-order valence-corrected chi connectivity index (χ1v) is 8.13. The van der Waals surface area contributed by atoms with E-state index in [0.29, 0.717) is 29.5 Å². The van der Waals surface area contributed by atoms with E-state index in [4.69, 9.17) is 5.73 Å². The van der Waals surface area contributed by atoms with Crippen LogP contribution in [0.4, 0.5) is 23.5 Å². The van der Waals surface area contributed by atoms with Gasteiger partial charge in [0.1, 0.15) is 0 Å². The first-order chi connectivity index (χ1) is 12.0. The predicted molar refractivity (Wildman–Crippen MR) is 97.3 cm³/mol. The van der Waals surface area contributed by atoms with Crippen LogP contribution in [0.25, 0.3) is 0 Å². The molecular formula is C16H22N8O. The molecule has 0 spiro atoms. The van der Waals surface area contributed by atoms with Crippen molar-refractivity contribution in [2.45, 2.75) is 19.4 Å². The second-order valence-corrected chi connectivity index (χ2v) is 5.91. The second-order valence-electron chi connectivity index (χ2n) is 5.91. The van der Waals surface area contributed by atoms with E-state index in [2.05, 4.69) is 36.2 Å². The molecule has 0 aliphatic carbocycles. The van der Waals surface area contributed by atoms with Crippen LogP contribution in [-0.2, 0) is 0 Å². The predicted octanol–water partition coefficient (Wildman–Crippen LogP) is 0.838. The number of aryl methyl sites for hydroxylation is 1. The summed E-state index contributed by atoms with van der Waals surface area (Å²) in [4.78, 5) is 24.5. The van der Waals surface area contributed by atoms with Crippen LogP contribution in [0.15, 0.2) is 18.2 Å². The van der Waals surface area contributed by atoms with Crippen LogP contribution in [0, 0.1) is 6.92 Å². The highest BCUT2D eigenvalue weighted by molar-refractivity contribution is 5.94. The number of primary amides is 1. The summed E-state index contributed by atoms with van der Waals surface area (Å²) >= 11 is 0. The van der Waals surface area contributed by atoms with E-state index in [0.717, 1.165) is 30.8 Å². The van der Waals surface area contributed by atoms with Gasteiger partial charge in [-0.3, -0.25) is 4.79 Å². The monoisotopic (exact) mass is 342 g/mol. The van der Waals surface area contributed by atoms with Gasteiger partial charge in [0.15, 0.2) is 0 Å². The normalized spacial score (nSPS) is 16.5. The van der Waals surface area contributed by atoms with Gasteiger partial charge in [-0.25, -0.2) is 0 Å². The highest BCUT2D eigenvalue weighted by atomic mass is 16.1. The largest absolute Gasteiger partial charge is 0.366 e. The smallest absolute Gasteiger partial charge is 0.248 e. The molecule has 1 atom stereocenters. The Morgan fingerprint density at radius 2 is 2.00 bits per heavy atom. The zero-order chi connectivity index (χ0) is 17.8. The van der Waals surface area contributed by atoms with Crippen LogP contribution >= 0.6 is 0 Å². The molecular weight excluding hydrogens is 320 g/mol. The number of carbonyl (C=O) groups is 1. The summed E-state index contributed by atoms with van der Waals surface area (Å²) in [5.74, 6) is 0.858. The maximum Gasteiger partial charge on any atom is 0.248 e. The zero-order valence-electron chi connectivity index (χ0n) is 14.3. The fourth-order valence-electron chi connectivity index (χ4n) is 2.60. The Balaban J connectivity index is 1.86. The molecule has 1 aliphatic heterocycles. The van der Waals surface area contributed by atoms with E-state index >= 15 is 0 Å². The van der Waals surface area contributed by atoms with Crippen molar-refractivity contribution in [2.24, 2.45) is 5.73 Å². The number of anilines is 4. The zero-order valence-corrected chi connectivity index (χ0v) is 14.3. The van der Waals surface area contributed by atoms with Crippen molar-refractivity contribution in [1.29, 1.82) is 0 Å². The first kappa shape index (κ1) is 16.9. The molecule has 3 rings (SSSR count). The van der Waals surface area contributed by atoms with Crippen molar-refractivity contribution >= 4 is 29.4 Å². The Hall–Kier alpha value is -2.94. The Kier molecular flexibility index (Phi) is 4.94. The van der Waals surface area contributed by atoms with Crippen molar-refractivity contribution in [3.8, 4) is 0 Å². The van der Waals surface area contributed by atoms with Crippen LogP contribution < -0.4 is 27.0 Å². The molecule has 0 radical (unpaired) electrons. The number of benzene rings is 1. The lowest BCUT2D eigenvalue weighted by Crippen LogP contribution is -2.24. The number of hydrogen-bond donors (Lipinski definition) is 5. The number of nitrogens with zero attached hydrogens (tertiary/aromatic N) is 3. The van der Waals surface area contributed by atoms with Gasteiger partial charge < -0.3 is 27.0 Å². The average Bonchev–Trinajstić information content (AvgIpc) is 3.09. The molecule has 2 heterocycles.